The van der Waals surface area contributed by atoms with E-state index in [2.05, 4.69) is 10.5 Å². The second-order valence-electron chi connectivity index (χ2n) is 6.10. The first-order chi connectivity index (χ1) is 11.7. The zero-order valence-corrected chi connectivity index (χ0v) is 14.2. The van der Waals surface area contributed by atoms with Gasteiger partial charge in [0.15, 0.2) is 0 Å². The Balaban J connectivity index is 3.04. The largest absolute Gasteiger partial charge is 0.481 e. The standard InChI is InChI=1S/C14H25BN2O8/c1-6(19)16-11(12(22)9(20)4-18)7-2-3-8(14(23)24)13(7)25-5-10(21)17-15/h7-9,11-13,18,20,22H,2-5,15H2,1H3,(H,16,19)(H,17,21)(H,23,24)/t7-,8+,9+,11+,12+,13+/m1/s1. The van der Waals surface area contributed by atoms with E-state index in [9.17, 15) is 29.7 Å². The molecule has 0 heterocycles. The third kappa shape index (κ3) is 5.67. The van der Waals surface area contributed by atoms with Gasteiger partial charge in [0.2, 0.25) is 19.8 Å². The maximum Gasteiger partial charge on any atom is 0.309 e. The molecule has 1 aliphatic rings. The van der Waals surface area contributed by atoms with Crippen molar-refractivity contribution in [3.8, 4) is 0 Å². The van der Waals surface area contributed by atoms with Crippen molar-refractivity contribution < 1.29 is 39.5 Å². The van der Waals surface area contributed by atoms with Crippen LogP contribution in [0.5, 0.6) is 0 Å². The summed E-state index contributed by atoms with van der Waals surface area (Å²) in [5, 5.41) is 43.2. The van der Waals surface area contributed by atoms with Crippen molar-refractivity contribution in [3.05, 3.63) is 0 Å². The Bertz CT molecular complexity index is 491. The molecular weight excluding hydrogens is 335 g/mol. The Hall–Kier alpha value is -1.69. The summed E-state index contributed by atoms with van der Waals surface area (Å²) in [5.41, 5.74) is 0. The van der Waals surface area contributed by atoms with Crippen LogP contribution < -0.4 is 10.5 Å². The molecule has 1 rings (SSSR count). The van der Waals surface area contributed by atoms with Crippen LogP contribution in [0.25, 0.3) is 0 Å². The van der Waals surface area contributed by atoms with Crippen LogP contribution >= 0.6 is 0 Å². The molecule has 1 aliphatic carbocycles. The topological polar surface area (TPSA) is 165 Å². The average molecular weight is 360 g/mol. The number of carboxylic acids is 1. The zero-order valence-electron chi connectivity index (χ0n) is 14.2. The van der Waals surface area contributed by atoms with Crippen molar-refractivity contribution >= 4 is 25.8 Å². The number of hydrogen-bond acceptors (Lipinski definition) is 7. The number of aliphatic hydroxyl groups excluding tert-OH is 3. The summed E-state index contributed by atoms with van der Waals surface area (Å²) in [6, 6.07) is -1.03. The third-order valence-corrected chi connectivity index (χ3v) is 4.41. The first-order valence-corrected chi connectivity index (χ1v) is 8.02. The predicted octanol–water partition coefficient (Wildman–Crippen LogP) is -3.63. The van der Waals surface area contributed by atoms with Gasteiger partial charge in [0.25, 0.3) is 0 Å². The molecule has 2 amide bonds. The lowest BCUT2D eigenvalue weighted by Crippen LogP contribution is -2.55. The molecule has 10 nitrogen and oxygen atoms in total. The summed E-state index contributed by atoms with van der Waals surface area (Å²) in [6.07, 6.45) is -3.43. The van der Waals surface area contributed by atoms with E-state index in [1.807, 2.05) is 0 Å². The average Bonchev–Trinajstić information content (AvgIpc) is 2.99. The van der Waals surface area contributed by atoms with Gasteiger partial charge in [-0.1, -0.05) is 0 Å². The van der Waals surface area contributed by atoms with Crippen LogP contribution in [0.1, 0.15) is 19.8 Å². The number of carboxylic acid groups (broad SMARTS) is 1. The Morgan fingerprint density at radius 2 is 1.92 bits per heavy atom. The molecule has 1 fully saturated rings. The first-order valence-electron chi connectivity index (χ1n) is 8.02. The van der Waals surface area contributed by atoms with Gasteiger partial charge in [0, 0.05) is 12.8 Å². The van der Waals surface area contributed by atoms with E-state index in [1.165, 1.54) is 14.9 Å². The van der Waals surface area contributed by atoms with E-state index < -0.39 is 60.6 Å². The van der Waals surface area contributed by atoms with Gasteiger partial charge in [-0.15, -0.1) is 0 Å². The van der Waals surface area contributed by atoms with Gasteiger partial charge in [-0.25, -0.2) is 0 Å². The van der Waals surface area contributed by atoms with Crippen LogP contribution in [0, 0.1) is 11.8 Å². The molecule has 0 saturated heterocycles. The smallest absolute Gasteiger partial charge is 0.309 e. The molecule has 11 heteroatoms. The van der Waals surface area contributed by atoms with Crippen molar-refractivity contribution in [3.63, 3.8) is 0 Å². The maximum atomic E-state index is 11.5. The lowest BCUT2D eigenvalue weighted by atomic mass is 9.87. The van der Waals surface area contributed by atoms with Crippen molar-refractivity contribution in [2.24, 2.45) is 11.8 Å². The minimum Gasteiger partial charge on any atom is -0.481 e. The van der Waals surface area contributed by atoms with Crippen LogP contribution in [-0.4, -0.2) is 83.8 Å². The zero-order chi connectivity index (χ0) is 19.1. The van der Waals surface area contributed by atoms with Gasteiger partial charge in [0.05, 0.1) is 24.7 Å². The Morgan fingerprint density at radius 1 is 1.28 bits per heavy atom. The van der Waals surface area contributed by atoms with E-state index in [-0.39, 0.29) is 13.0 Å². The molecule has 25 heavy (non-hydrogen) atoms. The van der Waals surface area contributed by atoms with Crippen LogP contribution in [0.2, 0.25) is 0 Å². The van der Waals surface area contributed by atoms with E-state index in [0.717, 1.165) is 0 Å². The molecule has 0 unspecified atom stereocenters. The normalized spacial score (nSPS) is 26.5. The number of nitrogens with one attached hydrogen (secondary N) is 2. The molecule has 0 bridgehead atoms. The minimum absolute atomic E-state index is 0.233. The lowest BCUT2D eigenvalue weighted by Gasteiger charge is -2.35. The summed E-state index contributed by atoms with van der Waals surface area (Å²) in [7, 11) is 1.41. The van der Waals surface area contributed by atoms with E-state index >= 15 is 0 Å². The van der Waals surface area contributed by atoms with Crippen molar-refractivity contribution in [2.75, 3.05) is 13.2 Å². The van der Waals surface area contributed by atoms with Crippen LogP contribution in [0.3, 0.4) is 0 Å². The second kappa shape index (κ2) is 9.71. The summed E-state index contributed by atoms with van der Waals surface area (Å²) in [5.74, 6) is -3.60. The number of hydrogen-bond donors (Lipinski definition) is 6. The third-order valence-electron chi connectivity index (χ3n) is 4.41. The molecule has 1 saturated carbocycles. The maximum absolute atomic E-state index is 11.5. The minimum atomic E-state index is -1.52. The van der Waals surface area contributed by atoms with Crippen molar-refractivity contribution in [2.45, 2.75) is 44.1 Å². The molecule has 6 N–H and O–H groups in total. The SMILES string of the molecule is BNC(=O)CO[C@H]1[C@@H]([C@H](NC(C)=O)[C@@H](O)[C@@H](O)CO)CC[C@@H]1C(=O)O. The number of carbonyl (C=O) groups is 3. The van der Waals surface area contributed by atoms with Crippen LogP contribution in [0.15, 0.2) is 0 Å². The van der Waals surface area contributed by atoms with Gasteiger partial charge in [0.1, 0.15) is 18.8 Å². The summed E-state index contributed by atoms with van der Waals surface area (Å²) in [4.78, 5) is 34.3. The van der Waals surface area contributed by atoms with E-state index in [1.54, 1.807) is 0 Å². The number of aliphatic hydroxyl groups is 3. The van der Waals surface area contributed by atoms with Crippen LogP contribution in [-0.2, 0) is 19.1 Å². The summed E-state index contributed by atoms with van der Waals surface area (Å²) >= 11 is 0. The Morgan fingerprint density at radius 3 is 2.40 bits per heavy atom. The highest BCUT2D eigenvalue weighted by Crippen LogP contribution is 2.37. The lowest BCUT2D eigenvalue weighted by molar-refractivity contribution is -0.150. The van der Waals surface area contributed by atoms with Gasteiger partial charge < -0.3 is 35.7 Å². The van der Waals surface area contributed by atoms with Crippen molar-refractivity contribution in [1.82, 2.24) is 10.5 Å². The van der Waals surface area contributed by atoms with Crippen LogP contribution in [0.4, 0.5) is 0 Å². The summed E-state index contributed by atoms with van der Waals surface area (Å²) in [6.45, 7) is 0.123. The fourth-order valence-electron chi connectivity index (χ4n) is 3.16. The summed E-state index contributed by atoms with van der Waals surface area (Å²) < 4.78 is 5.47. The predicted molar refractivity (Wildman–Crippen MR) is 87.0 cm³/mol. The Labute approximate surface area is 146 Å². The molecule has 0 radical (unpaired) electrons. The molecule has 142 valence electrons. The molecule has 0 spiro atoms. The highest BCUT2D eigenvalue weighted by atomic mass is 16.5. The molecular formula is C14H25BN2O8. The molecule has 0 aromatic carbocycles. The number of carbonyl (C=O) groups excluding carboxylic acids is 2. The number of rotatable bonds is 9. The van der Waals surface area contributed by atoms with E-state index in [4.69, 9.17) is 9.84 Å². The number of amides is 2. The van der Waals surface area contributed by atoms with Gasteiger partial charge in [-0.3, -0.25) is 14.4 Å². The molecule has 0 aromatic rings. The fourth-order valence-corrected chi connectivity index (χ4v) is 3.16. The monoisotopic (exact) mass is 360 g/mol. The van der Waals surface area contributed by atoms with E-state index in [0.29, 0.717) is 6.42 Å². The number of aliphatic carboxylic acids is 1. The van der Waals surface area contributed by atoms with Gasteiger partial charge in [-0.2, -0.15) is 0 Å². The highest BCUT2D eigenvalue weighted by molar-refractivity contribution is 6.14. The number of ether oxygens (including phenoxy) is 1. The fraction of sp³-hybridized carbons (Fsp3) is 0.786. The first kappa shape index (κ1) is 21.4. The molecule has 0 aromatic heterocycles. The molecule has 6 atom stereocenters. The van der Waals surface area contributed by atoms with Gasteiger partial charge in [-0.05, 0) is 12.8 Å². The molecule has 0 aliphatic heterocycles. The highest BCUT2D eigenvalue weighted by Gasteiger charge is 2.48. The quantitative estimate of drug-likeness (QED) is 0.229. The van der Waals surface area contributed by atoms with Gasteiger partial charge >= 0.3 is 5.97 Å². The Kier molecular flexibility index (Phi) is 8.29. The van der Waals surface area contributed by atoms with Crippen molar-refractivity contribution in [1.29, 1.82) is 0 Å². The second-order valence-corrected chi connectivity index (χ2v) is 6.10.